The topological polar surface area (TPSA) is 40.5 Å². The summed E-state index contributed by atoms with van der Waals surface area (Å²) >= 11 is 1.45. The lowest BCUT2D eigenvalue weighted by Crippen LogP contribution is -2.38. The van der Waals surface area contributed by atoms with Crippen LogP contribution in [0.2, 0.25) is 0 Å². The molecular weight excluding hydrogens is 236 g/mol. The number of nitrogens with zero attached hydrogens (tertiary/aromatic N) is 1. The van der Waals surface area contributed by atoms with E-state index in [2.05, 4.69) is 0 Å². The van der Waals surface area contributed by atoms with E-state index >= 15 is 0 Å². The Morgan fingerprint density at radius 3 is 2.81 bits per heavy atom. The van der Waals surface area contributed by atoms with Crippen molar-refractivity contribution < 1.29 is 18.7 Å². The molecule has 0 saturated heterocycles. The van der Waals surface area contributed by atoms with E-state index < -0.39 is 13.0 Å². The lowest BCUT2D eigenvalue weighted by Gasteiger charge is -2.20. The molecule has 0 aromatic carbocycles. The number of thiophene rings is 1. The molecule has 0 radical (unpaired) electrons. The lowest BCUT2D eigenvalue weighted by molar-refractivity contribution is -0.132. The molecule has 1 amide bonds. The second-order valence-electron chi connectivity index (χ2n) is 3.26. The zero-order valence-corrected chi connectivity index (χ0v) is 9.42. The SMILES string of the molecule is O=C(Cc1ccsc1)N(CCO)CC(F)F. The van der Waals surface area contributed by atoms with E-state index in [1.807, 2.05) is 5.38 Å². The van der Waals surface area contributed by atoms with Gasteiger partial charge in [-0.25, -0.2) is 8.78 Å². The van der Waals surface area contributed by atoms with E-state index in [9.17, 15) is 13.6 Å². The van der Waals surface area contributed by atoms with Gasteiger partial charge in [-0.1, -0.05) is 0 Å². The minimum absolute atomic E-state index is 0.0483. The van der Waals surface area contributed by atoms with Gasteiger partial charge >= 0.3 is 0 Å². The molecule has 16 heavy (non-hydrogen) atoms. The number of alkyl halides is 2. The van der Waals surface area contributed by atoms with Gasteiger partial charge in [-0.15, -0.1) is 0 Å². The van der Waals surface area contributed by atoms with Crippen molar-refractivity contribution >= 4 is 17.2 Å². The third-order valence-electron chi connectivity index (χ3n) is 2.02. The summed E-state index contributed by atoms with van der Waals surface area (Å²) in [5, 5.41) is 12.3. The van der Waals surface area contributed by atoms with Crippen LogP contribution in [0.15, 0.2) is 16.8 Å². The Labute approximate surface area is 96.3 Å². The largest absolute Gasteiger partial charge is 0.395 e. The maximum atomic E-state index is 12.2. The number of aliphatic hydroxyl groups excluding tert-OH is 1. The fourth-order valence-electron chi connectivity index (χ4n) is 1.28. The Hall–Kier alpha value is -1.01. The van der Waals surface area contributed by atoms with Crippen LogP contribution in [-0.4, -0.2) is 42.0 Å². The van der Waals surface area contributed by atoms with E-state index in [0.29, 0.717) is 0 Å². The molecule has 0 atom stereocenters. The van der Waals surface area contributed by atoms with E-state index in [4.69, 9.17) is 5.11 Å². The van der Waals surface area contributed by atoms with Crippen LogP contribution in [0, 0.1) is 0 Å². The van der Waals surface area contributed by atoms with Gasteiger partial charge in [0.05, 0.1) is 19.6 Å². The summed E-state index contributed by atoms with van der Waals surface area (Å²) in [6.45, 7) is -0.973. The summed E-state index contributed by atoms with van der Waals surface area (Å²) in [5.74, 6) is -0.382. The molecule has 0 aliphatic rings. The third-order valence-corrected chi connectivity index (χ3v) is 2.75. The normalized spacial score (nSPS) is 10.8. The minimum Gasteiger partial charge on any atom is -0.395 e. The van der Waals surface area contributed by atoms with Gasteiger partial charge in [-0.3, -0.25) is 4.79 Å². The van der Waals surface area contributed by atoms with E-state index in [-0.39, 0.29) is 25.5 Å². The summed E-state index contributed by atoms with van der Waals surface area (Å²) in [5.41, 5.74) is 0.812. The van der Waals surface area contributed by atoms with Gasteiger partial charge < -0.3 is 10.0 Å². The van der Waals surface area contributed by atoms with Gasteiger partial charge in [0, 0.05) is 6.54 Å². The molecule has 90 valence electrons. The Bertz CT molecular complexity index is 317. The summed E-state index contributed by atoms with van der Waals surface area (Å²) < 4.78 is 24.3. The number of aliphatic hydroxyl groups is 1. The number of carbonyl (C=O) groups excluding carboxylic acids is 1. The van der Waals surface area contributed by atoms with Crippen molar-refractivity contribution in [1.82, 2.24) is 4.90 Å². The smallest absolute Gasteiger partial charge is 0.255 e. The molecule has 0 bridgehead atoms. The Morgan fingerprint density at radius 1 is 1.56 bits per heavy atom. The fourth-order valence-corrected chi connectivity index (χ4v) is 1.95. The van der Waals surface area contributed by atoms with E-state index in [0.717, 1.165) is 10.5 Å². The number of halogens is 2. The van der Waals surface area contributed by atoms with Crippen LogP contribution in [0.25, 0.3) is 0 Å². The maximum Gasteiger partial charge on any atom is 0.255 e. The summed E-state index contributed by atoms with van der Waals surface area (Å²) in [4.78, 5) is 12.6. The van der Waals surface area contributed by atoms with Crippen molar-refractivity contribution in [3.05, 3.63) is 22.4 Å². The molecule has 1 N–H and O–H groups in total. The van der Waals surface area contributed by atoms with Crippen molar-refractivity contribution in [3.63, 3.8) is 0 Å². The molecule has 0 fully saturated rings. The Balaban J connectivity index is 2.53. The Morgan fingerprint density at radius 2 is 2.31 bits per heavy atom. The highest BCUT2D eigenvalue weighted by molar-refractivity contribution is 7.07. The molecule has 1 aromatic rings. The first kappa shape index (κ1) is 13.1. The van der Waals surface area contributed by atoms with Gasteiger partial charge in [0.2, 0.25) is 5.91 Å². The van der Waals surface area contributed by atoms with Gasteiger partial charge in [-0.2, -0.15) is 11.3 Å². The highest BCUT2D eigenvalue weighted by Gasteiger charge is 2.17. The number of amides is 1. The van der Waals surface area contributed by atoms with Gasteiger partial charge in [-0.05, 0) is 22.4 Å². The molecule has 1 heterocycles. The number of hydrogen-bond donors (Lipinski definition) is 1. The van der Waals surface area contributed by atoms with Crippen molar-refractivity contribution in [2.75, 3.05) is 19.7 Å². The molecule has 6 heteroatoms. The highest BCUT2D eigenvalue weighted by atomic mass is 32.1. The van der Waals surface area contributed by atoms with Crippen LogP contribution < -0.4 is 0 Å². The van der Waals surface area contributed by atoms with E-state index in [1.54, 1.807) is 11.4 Å². The molecule has 0 aliphatic heterocycles. The summed E-state index contributed by atoms with van der Waals surface area (Å²) in [6.07, 6.45) is -2.46. The standard InChI is InChI=1S/C10H13F2NO2S/c11-9(12)6-13(2-3-14)10(15)5-8-1-4-16-7-8/h1,4,7,9,14H,2-3,5-6H2. The van der Waals surface area contributed by atoms with Crippen molar-refractivity contribution in [3.8, 4) is 0 Å². The van der Waals surface area contributed by atoms with Crippen LogP contribution in [0.3, 0.4) is 0 Å². The monoisotopic (exact) mass is 249 g/mol. The molecule has 0 unspecified atom stereocenters. The first-order valence-electron chi connectivity index (χ1n) is 4.81. The molecule has 0 saturated carbocycles. The molecular formula is C10H13F2NO2S. The molecule has 3 nitrogen and oxygen atoms in total. The zero-order chi connectivity index (χ0) is 12.0. The molecule has 1 rings (SSSR count). The zero-order valence-electron chi connectivity index (χ0n) is 8.60. The molecule has 1 aromatic heterocycles. The Kier molecular flexibility index (Phi) is 5.34. The van der Waals surface area contributed by atoms with Crippen LogP contribution in [0.5, 0.6) is 0 Å². The maximum absolute atomic E-state index is 12.2. The second-order valence-corrected chi connectivity index (χ2v) is 4.04. The minimum atomic E-state index is -2.57. The van der Waals surface area contributed by atoms with Crippen LogP contribution in [0.1, 0.15) is 5.56 Å². The third kappa shape index (κ3) is 4.24. The quantitative estimate of drug-likeness (QED) is 0.827. The highest BCUT2D eigenvalue weighted by Crippen LogP contribution is 2.09. The number of rotatable bonds is 6. The number of carbonyl (C=O) groups is 1. The summed E-state index contributed by atoms with van der Waals surface area (Å²) in [6, 6.07) is 1.78. The predicted molar refractivity (Wildman–Crippen MR) is 57.7 cm³/mol. The van der Waals surface area contributed by atoms with Crippen molar-refractivity contribution in [2.24, 2.45) is 0 Å². The van der Waals surface area contributed by atoms with Crippen molar-refractivity contribution in [2.45, 2.75) is 12.8 Å². The average Bonchev–Trinajstić information content (AvgIpc) is 2.69. The number of hydrogen-bond acceptors (Lipinski definition) is 3. The van der Waals surface area contributed by atoms with Crippen LogP contribution in [0.4, 0.5) is 8.78 Å². The van der Waals surface area contributed by atoms with E-state index in [1.165, 1.54) is 11.3 Å². The average molecular weight is 249 g/mol. The molecule has 0 aliphatic carbocycles. The fraction of sp³-hybridized carbons (Fsp3) is 0.500. The van der Waals surface area contributed by atoms with Crippen LogP contribution >= 0.6 is 11.3 Å². The summed E-state index contributed by atoms with van der Waals surface area (Å²) in [7, 11) is 0. The van der Waals surface area contributed by atoms with Crippen molar-refractivity contribution in [1.29, 1.82) is 0 Å². The first-order valence-corrected chi connectivity index (χ1v) is 5.75. The van der Waals surface area contributed by atoms with Gasteiger partial charge in [0.25, 0.3) is 6.43 Å². The second kappa shape index (κ2) is 6.55. The predicted octanol–water partition coefficient (Wildman–Crippen LogP) is 1.38. The van der Waals surface area contributed by atoms with Gasteiger partial charge in [0.1, 0.15) is 0 Å². The van der Waals surface area contributed by atoms with Gasteiger partial charge in [0.15, 0.2) is 0 Å². The molecule has 0 spiro atoms. The first-order chi connectivity index (χ1) is 7.63. The lowest BCUT2D eigenvalue weighted by atomic mass is 10.2. The van der Waals surface area contributed by atoms with Crippen LogP contribution in [-0.2, 0) is 11.2 Å².